The number of phenolic OH excluding ortho intramolecular Hbond substituents is 1. The van der Waals surface area contributed by atoms with Crippen molar-refractivity contribution in [2.24, 2.45) is 0 Å². The summed E-state index contributed by atoms with van der Waals surface area (Å²) in [4.78, 5) is 6.86. The summed E-state index contributed by atoms with van der Waals surface area (Å²) in [6.45, 7) is 6.28. The van der Waals surface area contributed by atoms with Crippen LogP contribution in [0.3, 0.4) is 0 Å². The predicted molar refractivity (Wildman–Crippen MR) is 163 cm³/mol. The first-order valence-corrected chi connectivity index (χ1v) is 13.6. The van der Waals surface area contributed by atoms with E-state index in [0.29, 0.717) is 5.11 Å². The van der Waals surface area contributed by atoms with Gasteiger partial charge in [-0.1, -0.05) is 23.8 Å². The molecule has 7 heteroatoms. The quantitative estimate of drug-likeness (QED) is 0.215. The Morgan fingerprint density at radius 2 is 1.48 bits per heavy atom. The molecule has 1 fully saturated rings. The van der Waals surface area contributed by atoms with Crippen LogP contribution in [0.4, 0.5) is 5.69 Å². The van der Waals surface area contributed by atoms with Crippen LogP contribution < -0.4 is 15.0 Å². The molecule has 1 aliphatic heterocycles. The first kappa shape index (κ1) is 25.6. The third kappa shape index (κ3) is 4.80. The average molecular weight is 547 g/mol. The van der Waals surface area contributed by atoms with Crippen LogP contribution in [0.25, 0.3) is 5.69 Å². The molecule has 0 amide bonds. The van der Waals surface area contributed by atoms with Crippen molar-refractivity contribution in [1.29, 1.82) is 0 Å². The second-order valence-corrected chi connectivity index (χ2v) is 10.5. The number of anilines is 1. The van der Waals surface area contributed by atoms with Gasteiger partial charge in [0.15, 0.2) is 5.11 Å². The molecule has 0 saturated carbocycles. The minimum absolute atomic E-state index is 0.136. The van der Waals surface area contributed by atoms with E-state index in [-0.39, 0.29) is 17.8 Å². The van der Waals surface area contributed by atoms with Crippen LogP contribution in [-0.4, -0.2) is 19.8 Å². The number of hydrogen-bond donors (Lipinski definition) is 2. The van der Waals surface area contributed by atoms with Gasteiger partial charge in [-0.2, -0.15) is 0 Å². The van der Waals surface area contributed by atoms with Gasteiger partial charge >= 0.3 is 0 Å². The van der Waals surface area contributed by atoms with Gasteiger partial charge in [-0.15, -0.1) is 0 Å². The highest BCUT2D eigenvalue weighted by Gasteiger charge is 2.42. The number of aryl methyl sites for hydroxylation is 2. The minimum atomic E-state index is -0.147. The van der Waals surface area contributed by atoms with E-state index in [1.165, 1.54) is 5.56 Å². The van der Waals surface area contributed by atoms with E-state index in [0.717, 1.165) is 45.5 Å². The highest BCUT2D eigenvalue weighted by atomic mass is 32.1. The number of hydrogen-bond acceptors (Lipinski definition) is 4. The van der Waals surface area contributed by atoms with Crippen LogP contribution in [0.5, 0.6) is 17.2 Å². The molecule has 0 bridgehead atoms. The Labute approximate surface area is 239 Å². The Morgan fingerprint density at radius 3 is 2.12 bits per heavy atom. The lowest BCUT2D eigenvalue weighted by atomic mass is 9.96. The third-order valence-corrected chi connectivity index (χ3v) is 7.68. The molecule has 3 heterocycles. The molecule has 5 aromatic rings. The molecule has 0 aliphatic carbocycles. The average Bonchev–Trinajstić information content (AvgIpc) is 3.46. The van der Waals surface area contributed by atoms with Crippen LogP contribution in [0.1, 0.15) is 40.3 Å². The lowest BCUT2D eigenvalue weighted by Gasteiger charge is -2.28. The molecule has 2 N–H and O–H groups in total. The molecule has 1 saturated heterocycles. The van der Waals surface area contributed by atoms with Crippen molar-refractivity contribution in [2.45, 2.75) is 32.9 Å². The van der Waals surface area contributed by atoms with Crippen LogP contribution in [0.15, 0.2) is 103 Å². The zero-order chi connectivity index (χ0) is 27.8. The first-order chi connectivity index (χ1) is 19.4. The molecule has 40 heavy (non-hydrogen) atoms. The SMILES string of the molecule is Cc1ccc(Oc2ccc(N3C(=S)N[C@@H](c4ccccn4)[C@H]3c3cc(C)n(-c4ccc(O)cc4)c3C)cc2)cc1. The van der Waals surface area contributed by atoms with Crippen molar-refractivity contribution in [3.05, 3.63) is 131 Å². The zero-order valence-electron chi connectivity index (χ0n) is 22.6. The minimum Gasteiger partial charge on any atom is -0.508 e. The zero-order valence-corrected chi connectivity index (χ0v) is 23.4. The molecule has 200 valence electrons. The second kappa shape index (κ2) is 10.5. The van der Waals surface area contributed by atoms with Crippen molar-refractivity contribution < 1.29 is 9.84 Å². The number of rotatable bonds is 6. The summed E-state index contributed by atoms with van der Waals surface area (Å²) in [7, 11) is 0. The van der Waals surface area contributed by atoms with Crippen LogP contribution >= 0.6 is 12.2 Å². The summed E-state index contributed by atoms with van der Waals surface area (Å²) in [5.41, 5.74) is 7.41. The van der Waals surface area contributed by atoms with Crippen molar-refractivity contribution in [3.63, 3.8) is 0 Å². The Balaban J connectivity index is 1.40. The van der Waals surface area contributed by atoms with Gasteiger partial charge in [0, 0.05) is 29.0 Å². The maximum absolute atomic E-state index is 9.83. The van der Waals surface area contributed by atoms with Crippen molar-refractivity contribution >= 4 is 23.0 Å². The summed E-state index contributed by atoms with van der Waals surface area (Å²) in [6, 6.07) is 31.2. The van der Waals surface area contributed by atoms with E-state index < -0.39 is 0 Å². The molecule has 0 radical (unpaired) electrons. The molecule has 3 aromatic carbocycles. The Bertz CT molecular complexity index is 1650. The van der Waals surface area contributed by atoms with Gasteiger partial charge in [-0.05, 0) is 117 Å². The fourth-order valence-corrected chi connectivity index (χ4v) is 5.80. The number of phenols is 1. The number of aromatic hydroxyl groups is 1. The van der Waals surface area contributed by atoms with Crippen LogP contribution in [0, 0.1) is 20.8 Å². The molecule has 0 unspecified atom stereocenters. The highest BCUT2D eigenvalue weighted by Crippen LogP contribution is 2.44. The van der Waals surface area contributed by atoms with E-state index in [2.05, 4.69) is 46.6 Å². The number of pyridine rings is 1. The molecule has 0 spiro atoms. The molecular formula is C33H30N4O2S. The normalized spacial score (nSPS) is 16.7. The lowest BCUT2D eigenvalue weighted by Crippen LogP contribution is -2.29. The number of nitrogens with zero attached hydrogens (tertiary/aromatic N) is 3. The highest BCUT2D eigenvalue weighted by molar-refractivity contribution is 7.80. The van der Waals surface area contributed by atoms with E-state index in [1.54, 1.807) is 12.1 Å². The molecule has 2 aromatic heterocycles. The molecule has 1 aliphatic rings. The van der Waals surface area contributed by atoms with Gasteiger partial charge in [0.2, 0.25) is 0 Å². The summed E-state index contributed by atoms with van der Waals surface area (Å²) in [6.07, 6.45) is 1.82. The summed E-state index contributed by atoms with van der Waals surface area (Å²) >= 11 is 5.94. The van der Waals surface area contributed by atoms with Gasteiger partial charge in [-0.3, -0.25) is 4.98 Å². The molecular weight excluding hydrogens is 516 g/mol. The molecule has 6 rings (SSSR count). The molecule has 2 atom stereocenters. The standard InChI is InChI=1S/C33H30N4O2S/c1-21-7-15-27(16-8-21)39-28-17-11-25(12-18-28)37-32(31(35-33(37)40)30-6-4-5-19-34-30)29-20-22(2)36(23(29)3)24-9-13-26(38)14-10-24/h4-20,31-32,38H,1-3H3,(H,35,40)/t31-,32+/m0/s1. The Hall–Kier alpha value is -4.62. The van der Waals surface area contributed by atoms with Gasteiger partial charge < -0.3 is 24.6 Å². The maximum atomic E-state index is 9.83. The van der Waals surface area contributed by atoms with E-state index in [9.17, 15) is 5.11 Å². The summed E-state index contributed by atoms with van der Waals surface area (Å²) in [5.74, 6) is 1.80. The fourth-order valence-electron chi connectivity index (χ4n) is 5.45. The van der Waals surface area contributed by atoms with Crippen molar-refractivity contribution in [1.82, 2.24) is 14.9 Å². The maximum Gasteiger partial charge on any atom is 0.174 e. The summed E-state index contributed by atoms with van der Waals surface area (Å²) < 4.78 is 8.29. The van der Waals surface area contributed by atoms with Gasteiger partial charge in [0.1, 0.15) is 17.2 Å². The number of nitrogens with one attached hydrogen (secondary N) is 1. The van der Waals surface area contributed by atoms with Crippen LogP contribution in [0.2, 0.25) is 0 Å². The number of thiocarbonyl (C=S) groups is 1. The first-order valence-electron chi connectivity index (χ1n) is 13.2. The van der Waals surface area contributed by atoms with Gasteiger partial charge in [0.25, 0.3) is 0 Å². The largest absolute Gasteiger partial charge is 0.508 e. The van der Waals surface area contributed by atoms with E-state index in [1.807, 2.05) is 85.1 Å². The predicted octanol–water partition coefficient (Wildman–Crippen LogP) is 7.47. The number of aromatic nitrogens is 2. The number of benzene rings is 3. The van der Waals surface area contributed by atoms with Crippen molar-refractivity contribution in [2.75, 3.05) is 4.90 Å². The third-order valence-electron chi connectivity index (χ3n) is 7.37. The fraction of sp³-hybridized carbons (Fsp3) is 0.152. The number of ether oxygens (including phenoxy) is 1. The summed E-state index contributed by atoms with van der Waals surface area (Å²) in [5, 5.41) is 14.0. The van der Waals surface area contributed by atoms with Crippen molar-refractivity contribution in [3.8, 4) is 22.9 Å². The van der Waals surface area contributed by atoms with Gasteiger partial charge in [0.05, 0.1) is 17.8 Å². The topological polar surface area (TPSA) is 62.5 Å². The van der Waals surface area contributed by atoms with E-state index >= 15 is 0 Å². The second-order valence-electron chi connectivity index (χ2n) is 10.1. The van der Waals surface area contributed by atoms with Gasteiger partial charge in [-0.25, -0.2) is 0 Å². The molecule has 6 nitrogen and oxygen atoms in total. The van der Waals surface area contributed by atoms with E-state index in [4.69, 9.17) is 17.0 Å². The Morgan fingerprint density at radius 1 is 0.825 bits per heavy atom. The lowest BCUT2D eigenvalue weighted by molar-refractivity contribution is 0.475. The van der Waals surface area contributed by atoms with Crippen LogP contribution in [-0.2, 0) is 0 Å². The smallest absolute Gasteiger partial charge is 0.174 e. The Kier molecular flexibility index (Phi) is 6.74. The monoisotopic (exact) mass is 546 g/mol.